The number of alkyl halides is 3. The molecule has 0 spiro atoms. The average molecular weight is 415 g/mol. The van der Waals surface area contributed by atoms with Gasteiger partial charge >= 0.3 is 12.1 Å². The van der Waals surface area contributed by atoms with Crippen LogP contribution in [0.2, 0.25) is 0 Å². The molecule has 29 heavy (non-hydrogen) atoms. The molecule has 8 nitrogen and oxygen atoms in total. The second-order valence-corrected chi connectivity index (χ2v) is 6.10. The van der Waals surface area contributed by atoms with Gasteiger partial charge in [0.25, 0.3) is 5.69 Å². The first-order chi connectivity index (χ1) is 13.5. The van der Waals surface area contributed by atoms with Crippen LogP contribution >= 0.6 is 0 Å². The number of nitro benzene ring substituents is 1. The Morgan fingerprint density at radius 1 is 1.24 bits per heavy atom. The third-order valence-electron chi connectivity index (χ3n) is 3.82. The fourth-order valence-electron chi connectivity index (χ4n) is 2.50. The van der Waals surface area contributed by atoms with Crippen molar-refractivity contribution in [3.8, 4) is 11.3 Å². The van der Waals surface area contributed by atoms with E-state index in [4.69, 9.17) is 9.52 Å². The van der Waals surface area contributed by atoms with Gasteiger partial charge in [-0.25, -0.2) is 0 Å². The van der Waals surface area contributed by atoms with Crippen molar-refractivity contribution >= 4 is 17.7 Å². The number of hydrogen-bond donors (Lipinski definition) is 3. The van der Waals surface area contributed by atoms with Gasteiger partial charge in [0.05, 0.1) is 34.7 Å². The van der Waals surface area contributed by atoms with E-state index in [9.17, 15) is 38.3 Å². The van der Waals surface area contributed by atoms with E-state index in [0.717, 1.165) is 6.07 Å². The molecule has 2 aromatic rings. The molecule has 0 saturated heterocycles. The van der Waals surface area contributed by atoms with Crippen LogP contribution in [0.3, 0.4) is 0 Å². The van der Waals surface area contributed by atoms with Crippen molar-refractivity contribution in [1.29, 1.82) is 0 Å². The molecule has 0 unspecified atom stereocenters. The Kier molecular flexibility index (Phi) is 6.77. The maximum Gasteiger partial charge on any atom is 0.416 e. The molecule has 11 heteroatoms. The lowest BCUT2D eigenvalue weighted by molar-refractivity contribution is -0.384. The molecular weight excluding hydrogens is 399 g/mol. The van der Waals surface area contributed by atoms with Gasteiger partial charge < -0.3 is 19.7 Å². The van der Waals surface area contributed by atoms with Gasteiger partial charge in [-0.15, -0.1) is 0 Å². The Labute approximate surface area is 161 Å². The third-order valence-corrected chi connectivity index (χ3v) is 3.82. The SMILES string of the molecule is O=C(O)C[C@@H](O)C[C@H](O)/C=C/c1ccc(-c2ccc(C(F)(F)F)cc2[N+](=O)[O-])o1. The Morgan fingerprint density at radius 3 is 2.52 bits per heavy atom. The van der Waals surface area contributed by atoms with Crippen LogP contribution in [-0.4, -0.2) is 38.4 Å². The first-order valence-electron chi connectivity index (χ1n) is 8.19. The summed E-state index contributed by atoms with van der Waals surface area (Å²) in [7, 11) is 0. The minimum atomic E-state index is -4.73. The van der Waals surface area contributed by atoms with Gasteiger partial charge in [-0.1, -0.05) is 6.08 Å². The first-order valence-corrected chi connectivity index (χ1v) is 8.19. The molecule has 0 aliphatic heterocycles. The number of furan rings is 1. The van der Waals surface area contributed by atoms with Crippen molar-refractivity contribution in [3.05, 3.63) is 57.8 Å². The highest BCUT2D eigenvalue weighted by molar-refractivity contribution is 5.71. The Hall–Kier alpha value is -3.18. The van der Waals surface area contributed by atoms with Crippen molar-refractivity contribution in [3.63, 3.8) is 0 Å². The summed E-state index contributed by atoms with van der Waals surface area (Å²) in [6.45, 7) is 0. The highest BCUT2D eigenvalue weighted by Gasteiger charge is 2.33. The number of aliphatic carboxylic acids is 1. The van der Waals surface area contributed by atoms with Crippen molar-refractivity contribution < 1.29 is 42.6 Å². The maximum atomic E-state index is 12.8. The lowest BCUT2D eigenvalue weighted by atomic mass is 10.1. The lowest BCUT2D eigenvalue weighted by Gasteiger charge is -2.10. The van der Waals surface area contributed by atoms with E-state index in [1.807, 2.05) is 0 Å². The number of nitrogens with zero attached hydrogens (tertiary/aromatic N) is 1. The summed E-state index contributed by atoms with van der Waals surface area (Å²) in [6.07, 6.45) is -5.44. The van der Waals surface area contributed by atoms with Gasteiger partial charge in [-0.3, -0.25) is 14.9 Å². The van der Waals surface area contributed by atoms with Crippen LogP contribution in [0.4, 0.5) is 18.9 Å². The normalized spacial score (nSPS) is 14.1. The van der Waals surface area contributed by atoms with Gasteiger partial charge in [0, 0.05) is 12.5 Å². The van der Waals surface area contributed by atoms with Crippen molar-refractivity contribution in [1.82, 2.24) is 0 Å². The fraction of sp³-hybridized carbons (Fsp3) is 0.278. The number of hydrogen-bond acceptors (Lipinski definition) is 6. The van der Waals surface area contributed by atoms with Gasteiger partial charge in [0.2, 0.25) is 0 Å². The minimum absolute atomic E-state index is 0.0505. The summed E-state index contributed by atoms with van der Waals surface area (Å²) in [5.74, 6) is -1.13. The molecule has 0 amide bonds. The molecule has 1 aromatic carbocycles. The largest absolute Gasteiger partial charge is 0.481 e. The van der Waals surface area contributed by atoms with E-state index >= 15 is 0 Å². The summed E-state index contributed by atoms with van der Waals surface area (Å²) in [5.41, 5.74) is -2.09. The summed E-state index contributed by atoms with van der Waals surface area (Å²) in [5, 5.41) is 38.9. The van der Waals surface area contributed by atoms with Crippen molar-refractivity contribution in [2.24, 2.45) is 0 Å². The number of benzene rings is 1. The number of nitro groups is 1. The van der Waals surface area contributed by atoms with Crippen LogP contribution in [0.25, 0.3) is 17.4 Å². The molecule has 0 saturated carbocycles. The quantitative estimate of drug-likeness (QED) is 0.444. The van der Waals surface area contributed by atoms with Crippen LogP contribution in [0.5, 0.6) is 0 Å². The molecule has 0 bridgehead atoms. The van der Waals surface area contributed by atoms with E-state index in [0.29, 0.717) is 12.1 Å². The molecule has 0 fully saturated rings. The zero-order valence-electron chi connectivity index (χ0n) is 14.7. The van der Waals surface area contributed by atoms with Crippen molar-refractivity contribution in [2.45, 2.75) is 31.2 Å². The van der Waals surface area contributed by atoms with E-state index in [2.05, 4.69) is 0 Å². The molecular formula is C18H16F3NO7. The fourth-order valence-corrected chi connectivity index (χ4v) is 2.50. The summed E-state index contributed by atoms with van der Waals surface area (Å²) in [6, 6.07) is 4.76. The molecule has 0 radical (unpaired) electrons. The van der Waals surface area contributed by atoms with Crippen LogP contribution < -0.4 is 0 Å². The monoisotopic (exact) mass is 415 g/mol. The number of aliphatic hydroxyl groups is 2. The van der Waals surface area contributed by atoms with Gasteiger partial charge in [0.1, 0.15) is 11.5 Å². The predicted octanol–water partition coefficient (Wildman–Crippen LogP) is 3.47. The summed E-state index contributed by atoms with van der Waals surface area (Å²) < 4.78 is 43.7. The van der Waals surface area contributed by atoms with E-state index in [1.54, 1.807) is 0 Å². The topological polar surface area (TPSA) is 134 Å². The lowest BCUT2D eigenvalue weighted by Crippen LogP contribution is -2.19. The first kappa shape index (κ1) is 22.1. The molecule has 1 aromatic heterocycles. The number of aliphatic hydroxyl groups excluding tert-OH is 2. The van der Waals surface area contributed by atoms with Crippen LogP contribution in [0.15, 0.2) is 40.8 Å². The highest BCUT2D eigenvalue weighted by Crippen LogP contribution is 2.37. The minimum Gasteiger partial charge on any atom is -0.481 e. The Morgan fingerprint density at radius 2 is 1.93 bits per heavy atom. The Bertz CT molecular complexity index is 920. The zero-order valence-corrected chi connectivity index (χ0v) is 14.7. The maximum absolute atomic E-state index is 12.8. The third kappa shape index (κ3) is 6.16. The van der Waals surface area contributed by atoms with Crippen LogP contribution in [0.1, 0.15) is 24.2 Å². The molecule has 0 aliphatic rings. The molecule has 3 N–H and O–H groups in total. The highest BCUT2D eigenvalue weighted by atomic mass is 19.4. The van der Waals surface area contributed by atoms with Crippen LogP contribution in [-0.2, 0) is 11.0 Å². The van der Waals surface area contributed by atoms with Crippen LogP contribution in [0, 0.1) is 10.1 Å². The number of carboxylic acid groups (broad SMARTS) is 1. The molecule has 156 valence electrons. The number of carboxylic acids is 1. The number of carbonyl (C=O) groups is 1. The number of halogens is 3. The Balaban J connectivity index is 2.19. The molecule has 2 rings (SSSR count). The zero-order chi connectivity index (χ0) is 21.8. The summed E-state index contributed by atoms with van der Waals surface area (Å²) >= 11 is 0. The second-order valence-electron chi connectivity index (χ2n) is 6.10. The predicted molar refractivity (Wildman–Crippen MR) is 93.7 cm³/mol. The van der Waals surface area contributed by atoms with Gasteiger partial charge in [0.15, 0.2) is 0 Å². The summed E-state index contributed by atoms with van der Waals surface area (Å²) in [4.78, 5) is 20.7. The van der Waals surface area contributed by atoms with Gasteiger partial charge in [-0.05, 0) is 30.3 Å². The van der Waals surface area contributed by atoms with E-state index in [-0.39, 0.29) is 23.5 Å². The molecule has 1 heterocycles. The standard InChI is InChI=1S/C18H16F3NO7/c19-18(20,21)10-1-5-14(15(7-10)22(27)28)16-6-4-13(29-16)3-2-11(23)8-12(24)9-17(25)26/h1-7,11-12,23-24H,8-9H2,(H,25,26)/b3-2+/t11-,12+/m1/s1. The number of rotatable bonds is 8. The molecule has 2 atom stereocenters. The van der Waals surface area contributed by atoms with E-state index in [1.165, 1.54) is 24.3 Å². The van der Waals surface area contributed by atoms with Crippen molar-refractivity contribution in [2.75, 3.05) is 0 Å². The average Bonchev–Trinajstić information content (AvgIpc) is 3.06. The van der Waals surface area contributed by atoms with Gasteiger partial charge in [-0.2, -0.15) is 13.2 Å². The second kappa shape index (κ2) is 8.88. The van der Waals surface area contributed by atoms with E-state index < -0.39 is 46.9 Å². The smallest absolute Gasteiger partial charge is 0.416 e. The molecule has 0 aliphatic carbocycles.